The van der Waals surface area contributed by atoms with Gasteiger partial charge in [-0.15, -0.1) is 0 Å². The molecular formula is C26H30F3N3O5. The number of alkyl halides is 3. The number of rotatable bonds is 8. The smallest absolute Gasteiger partial charge is 0.423 e. The van der Waals surface area contributed by atoms with Crippen LogP contribution in [0.25, 0.3) is 0 Å². The molecule has 1 aromatic heterocycles. The third-order valence-electron chi connectivity index (χ3n) is 7.49. The number of hydrogen-bond donors (Lipinski definition) is 3. The average molecular weight is 522 g/mol. The van der Waals surface area contributed by atoms with Gasteiger partial charge < -0.3 is 25.6 Å². The Morgan fingerprint density at radius 2 is 1.68 bits per heavy atom. The summed E-state index contributed by atoms with van der Waals surface area (Å²) in [5.41, 5.74) is 1.74. The van der Waals surface area contributed by atoms with Crippen LogP contribution in [0, 0.1) is 0 Å². The lowest BCUT2D eigenvalue weighted by atomic mass is 9.70. The molecule has 2 saturated carbocycles. The van der Waals surface area contributed by atoms with E-state index in [4.69, 9.17) is 10.5 Å². The first-order chi connectivity index (χ1) is 17.5. The van der Waals surface area contributed by atoms with Gasteiger partial charge in [-0.1, -0.05) is 18.2 Å². The number of amides is 2. The number of aromatic nitrogens is 1. The second kappa shape index (κ2) is 10.3. The maximum atomic E-state index is 13.5. The third-order valence-corrected chi connectivity index (χ3v) is 7.49. The van der Waals surface area contributed by atoms with Crippen molar-refractivity contribution in [3.8, 4) is 0 Å². The van der Waals surface area contributed by atoms with Crippen LogP contribution in [0.2, 0.25) is 0 Å². The quantitative estimate of drug-likeness (QED) is 0.489. The minimum absolute atomic E-state index is 0.0472. The van der Waals surface area contributed by atoms with Crippen molar-refractivity contribution in [2.75, 3.05) is 13.2 Å². The molecule has 2 aliphatic carbocycles. The molecule has 4 N–H and O–H groups in total. The summed E-state index contributed by atoms with van der Waals surface area (Å²) in [6, 6.07) is 10.0. The van der Waals surface area contributed by atoms with E-state index in [-0.39, 0.29) is 30.2 Å². The van der Waals surface area contributed by atoms with Gasteiger partial charge in [0.2, 0.25) is 5.60 Å². The van der Waals surface area contributed by atoms with Crippen molar-refractivity contribution in [2.45, 2.75) is 67.8 Å². The number of benzene rings is 1. The molecule has 0 spiro atoms. The number of carbonyl (C=O) groups excluding carboxylic acids is 2. The zero-order valence-electron chi connectivity index (χ0n) is 20.2. The van der Waals surface area contributed by atoms with Gasteiger partial charge >= 0.3 is 12.3 Å². The predicted molar refractivity (Wildman–Crippen MR) is 126 cm³/mol. The van der Waals surface area contributed by atoms with E-state index in [0.717, 1.165) is 30.7 Å². The highest BCUT2D eigenvalue weighted by atomic mass is 19.4. The molecule has 37 heavy (non-hydrogen) atoms. The Bertz CT molecular complexity index is 1100. The van der Waals surface area contributed by atoms with Crippen LogP contribution in [0.1, 0.15) is 60.1 Å². The molecule has 0 bridgehead atoms. The average Bonchev–Trinajstić information content (AvgIpc) is 3.73. The maximum Gasteiger partial charge on any atom is 0.423 e. The lowest BCUT2D eigenvalue weighted by molar-refractivity contribution is -0.277. The Labute approximate surface area is 212 Å². The van der Waals surface area contributed by atoms with E-state index in [2.05, 4.69) is 4.98 Å². The topological polar surface area (TPSA) is 126 Å². The van der Waals surface area contributed by atoms with Gasteiger partial charge in [0, 0.05) is 35.0 Å². The van der Waals surface area contributed by atoms with Gasteiger partial charge in [-0.25, -0.2) is 4.79 Å². The second-order valence-corrected chi connectivity index (χ2v) is 9.87. The minimum atomic E-state index is -5.08. The molecule has 2 fully saturated rings. The fourth-order valence-electron chi connectivity index (χ4n) is 5.16. The van der Waals surface area contributed by atoms with Crippen molar-refractivity contribution in [3.05, 3.63) is 65.5 Å². The van der Waals surface area contributed by atoms with E-state index in [1.165, 1.54) is 12.1 Å². The lowest BCUT2D eigenvalue weighted by Gasteiger charge is -2.43. The number of pyridine rings is 1. The van der Waals surface area contributed by atoms with Gasteiger partial charge in [-0.05, 0) is 68.4 Å². The molecule has 2 amide bonds. The van der Waals surface area contributed by atoms with Gasteiger partial charge in [0.25, 0.3) is 5.91 Å². The summed E-state index contributed by atoms with van der Waals surface area (Å²) in [7, 11) is 0. The van der Waals surface area contributed by atoms with E-state index in [1.807, 2.05) is 17.0 Å². The Balaban J connectivity index is 1.52. The first kappa shape index (κ1) is 26.9. The second-order valence-electron chi connectivity index (χ2n) is 9.87. The summed E-state index contributed by atoms with van der Waals surface area (Å²) in [4.78, 5) is 31.1. The molecule has 200 valence electrons. The van der Waals surface area contributed by atoms with E-state index >= 15 is 0 Å². The minimum Gasteiger partial charge on any atom is -0.449 e. The van der Waals surface area contributed by atoms with Crippen LogP contribution in [0.3, 0.4) is 0 Å². The molecule has 1 atom stereocenters. The molecule has 8 nitrogen and oxygen atoms in total. The van der Waals surface area contributed by atoms with E-state index in [1.54, 1.807) is 12.3 Å². The normalized spacial score (nSPS) is 23.6. The fourth-order valence-corrected chi connectivity index (χ4v) is 5.16. The fraction of sp³-hybridized carbons (Fsp3) is 0.500. The number of primary amides is 1. The van der Waals surface area contributed by atoms with Gasteiger partial charge in [-0.2, -0.15) is 13.2 Å². The van der Waals surface area contributed by atoms with Crippen molar-refractivity contribution < 1.29 is 37.7 Å². The zero-order chi connectivity index (χ0) is 26.8. The summed E-state index contributed by atoms with van der Waals surface area (Å²) >= 11 is 0. The predicted octanol–water partition coefficient (Wildman–Crippen LogP) is 3.40. The van der Waals surface area contributed by atoms with Crippen LogP contribution >= 0.6 is 0 Å². The van der Waals surface area contributed by atoms with Crippen molar-refractivity contribution in [3.63, 3.8) is 0 Å². The van der Waals surface area contributed by atoms with Crippen LogP contribution < -0.4 is 5.73 Å². The summed E-state index contributed by atoms with van der Waals surface area (Å²) in [5, 5.41) is 19.2. The highest BCUT2D eigenvalue weighted by Crippen LogP contribution is 2.43. The number of aliphatic hydroxyl groups is 2. The van der Waals surface area contributed by atoms with Crippen molar-refractivity contribution in [1.29, 1.82) is 0 Å². The van der Waals surface area contributed by atoms with Crippen LogP contribution in [-0.2, 0) is 15.8 Å². The molecule has 4 rings (SSSR count). The molecule has 1 unspecified atom stereocenters. The van der Waals surface area contributed by atoms with Gasteiger partial charge in [0.1, 0.15) is 6.61 Å². The molecule has 0 radical (unpaired) electrons. The largest absolute Gasteiger partial charge is 0.449 e. The molecule has 1 heterocycles. The molecule has 0 aliphatic heterocycles. The Kier molecular flexibility index (Phi) is 7.48. The number of nitrogens with two attached hydrogens (primary N) is 1. The monoisotopic (exact) mass is 521 g/mol. The zero-order valence-corrected chi connectivity index (χ0v) is 20.2. The van der Waals surface area contributed by atoms with Gasteiger partial charge in [-0.3, -0.25) is 9.78 Å². The van der Waals surface area contributed by atoms with Crippen LogP contribution in [0.4, 0.5) is 18.0 Å². The lowest BCUT2D eigenvalue weighted by Crippen LogP contribution is -2.48. The van der Waals surface area contributed by atoms with Crippen LogP contribution in [0.5, 0.6) is 0 Å². The highest BCUT2D eigenvalue weighted by Gasteiger charge is 2.54. The molecule has 2 aromatic rings. The Morgan fingerprint density at radius 3 is 2.16 bits per heavy atom. The standard InChI is InChI=1S/C26H30F3N3O5/c27-26(28,29)25(36,15-33)18-6-4-17(5-7-18)22(34)32(19-8-9-19)20-10-12-24(13-11-20,16-37-23(30)35)21-3-1-2-14-31-21/h1-7,14,19-20,33,36H,8-13,15-16H2,(H2,30,35). The number of hydrogen-bond acceptors (Lipinski definition) is 6. The Morgan fingerprint density at radius 1 is 1.05 bits per heavy atom. The SMILES string of the molecule is NC(=O)OCC1(c2ccccn2)CCC(N(C(=O)c2ccc(C(O)(CO)C(F)(F)F)cc2)C2CC2)CC1. The highest BCUT2D eigenvalue weighted by molar-refractivity contribution is 5.95. The van der Waals surface area contributed by atoms with Gasteiger partial charge in [0.05, 0.1) is 6.61 Å². The summed E-state index contributed by atoms with van der Waals surface area (Å²) in [6.45, 7) is -1.45. The van der Waals surface area contributed by atoms with Crippen molar-refractivity contribution in [1.82, 2.24) is 9.88 Å². The molecule has 2 aliphatic rings. The molecule has 11 heteroatoms. The van der Waals surface area contributed by atoms with Crippen molar-refractivity contribution >= 4 is 12.0 Å². The van der Waals surface area contributed by atoms with Gasteiger partial charge in [0.15, 0.2) is 0 Å². The van der Waals surface area contributed by atoms with E-state index in [9.17, 15) is 33.0 Å². The number of carbonyl (C=O) groups is 2. The molecule has 0 saturated heterocycles. The molecular weight excluding hydrogens is 491 g/mol. The first-order valence-electron chi connectivity index (χ1n) is 12.2. The van der Waals surface area contributed by atoms with Crippen LogP contribution in [0.15, 0.2) is 48.7 Å². The number of halogens is 3. The number of aliphatic hydroxyl groups excluding tert-OH is 1. The molecule has 1 aromatic carbocycles. The first-order valence-corrected chi connectivity index (χ1v) is 12.2. The van der Waals surface area contributed by atoms with E-state index in [0.29, 0.717) is 25.7 Å². The number of ether oxygens (including phenoxy) is 1. The third kappa shape index (κ3) is 5.42. The number of nitrogens with zero attached hydrogens (tertiary/aromatic N) is 2. The van der Waals surface area contributed by atoms with Crippen molar-refractivity contribution in [2.24, 2.45) is 5.73 Å². The summed E-state index contributed by atoms with van der Waals surface area (Å²) in [6.07, 6.45) is -0.131. The Hall–Kier alpha value is -3.18. The van der Waals surface area contributed by atoms with E-state index < -0.39 is 35.5 Å². The summed E-state index contributed by atoms with van der Waals surface area (Å²) < 4.78 is 45.1. The van der Waals surface area contributed by atoms with Crippen LogP contribution in [-0.4, -0.2) is 63.6 Å². The maximum absolute atomic E-state index is 13.5. The summed E-state index contributed by atoms with van der Waals surface area (Å²) in [5.74, 6) is -0.294.